The molecule has 0 fully saturated rings. The van der Waals surface area contributed by atoms with Crippen LogP contribution in [0.3, 0.4) is 0 Å². The molecule has 0 bridgehead atoms. The van der Waals surface area contributed by atoms with E-state index >= 15 is 0 Å². The Balaban J connectivity index is 1.57. The van der Waals surface area contributed by atoms with Gasteiger partial charge in [0.15, 0.2) is 0 Å². The van der Waals surface area contributed by atoms with Crippen molar-refractivity contribution in [2.75, 3.05) is 7.05 Å². The van der Waals surface area contributed by atoms with E-state index < -0.39 is 0 Å². The van der Waals surface area contributed by atoms with Crippen LogP contribution in [0.5, 0.6) is 0 Å². The van der Waals surface area contributed by atoms with Gasteiger partial charge in [0.05, 0.1) is 18.5 Å². The molecule has 3 aromatic heterocycles. The van der Waals surface area contributed by atoms with Gasteiger partial charge in [-0.25, -0.2) is 4.68 Å². The maximum atomic E-state index is 13.2. The van der Waals surface area contributed by atoms with Crippen molar-refractivity contribution < 1.29 is 9.21 Å². The molecule has 3 heterocycles. The molecule has 0 saturated carbocycles. The molecular formula is C22H17N5O2S. The third-order valence-electron chi connectivity index (χ3n) is 4.81. The van der Waals surface area contributed by atoms with Crippen LogP contribution in [0.4, 0.5) is 0 Å². The Morgan fingerprint density at radius 2 is 2.03 bits per heavy atom. The highest BCUT2D eigenvalue weighted by Gasteiger charge is 2.17. The number of tetrazole rings is 1. The van der Waals surface area contributed by atoms with Crippen LogP contribution in [0.25, 0.3) is 26.2 Å². The highest BCUT2D eigenvalue weighted by Crippen LogP contribution is 2.35. The van der Waals surface area contributed by atoms with E-state index in [9.17, 15) is 4.79 Å². The maximum absolute atomic E-state index is 13.2. The molecule has 0 atom stereocenters. The number of rotatable bonds is 5. The van der Waals surface area contributed by atoms with Crippen LogP contribution in [0.1, 0.15) is 16.1 Å². The summed E-state index contributed by atoms with van der Waals surface area (Å²) >= 11 is 1.69. The first-order chi connectivity index (χ1) is 14.7. The Hall–Kier alpha value is -3.78. The second-order valence-corrected chi connectivity index (χ2v) is 8.00. The molecule has 0 radical (unpaired) electrons. The number of fused-ring (bicyclic) bond motifs is 1. The van der Waals surface area contributed by atoms with Crippen LogP contribution in [-0.4, -0.2) is 38.1 Å². The summed E-state index contributed by atoms with van der Waals surface area (Å²) in [5, 5.41) is 12.6. The van der Waals surface area contributed by atoms with Gasteiger partial charge in [0.2, 0.25) is 0 Å². The Kier molecular flexibility index (Phi) is 4.61. The van der Waals surface area contributed by atoms with Crippen LogP contribution in [0.15, 0.2) is 77.7 Å². The second-order valence-electron chi connectivity index (χ2n) is 6.91. The number of benzene rings is 2. The molecule has 0 aliphatic heterocycles. The summed E-state index contributed by atoms with van der Waals surface area (Å²) in [6.07, 6.45) is 3.12. The van der Waals surface area contributed by atoms with Gasteiger partial charge in [-0.3, -0.25) is 4.79 Å². The van der Waals surface area contributed by atoms with Crippen molar-refractivity contribution in [1.82, 2.24) is 25.1 Å². The quantitative estimate of drug-likeness (QED) is 0.425. The van der Waals surface area contributed by atoms with Gasteiger partial charge < -0.3 is 9.32 Å². The molecule has 5 rings (SSSR count). The minimum absolute atomic E-state index is 0.108. The Labute approximate surface area is 176 Å². The third-order valence-corrected chi connectivity index (χ3v) is 5.97. The smallest absolute Gasteiger partial charge is 0.254 e. The predicted octanol–water partition coefficient (Wildman–Crippen LogP) is 4.41. The van der Waals surface area contributed by atoms with Gasteiger partial charge in [0.25, 0.3) is 5.91 Å². The topological polar surface area (TPSA) is 77.0 Å². The standard InChI is InChI=1S/C22H17N5O2S/c1-26(13-19-6-4-8-29-19)22(28)17-9-16(10-18(11-17)27-14-23-24-25-27)21-12-15-5-2-3-7-20(15)30-21/h2-12,14H,13H2,1H3. The molecule has 0 aliphatic rings. The van der Waals surface area contributed by atoms with Crippen molar-refractivity contribution in [2.24, 2.45) is 0 Å². The summed E-state index contributed by atoms with van der Waals surface area (Å²) in [6.45, 7) is 0.388. The average molecular weight is 415 g/mol. The number of thiophene rings is 1. The number of furan rings is 1. The van der Waals surface area contributed by atoms with Crippen molar-refractivity contribution in [1.29, 1.82) is 0 Å². The maximum Gasteiger partial charge on any atom is 0.254 e. The highest BCUT2D eigenvalue weighted by molar-refractivity contribution is 7.22. The summed E-state index contributed by atoms with van der Waals surface area (Å²) in [7, 11) is 1.76. The Morgan fingerprint density at radius 3 is 2.80 bits per heavy atom. The van der Waals surface area contributed by atoms with Crippen LogP contribution >= 0.6 is 11.3 Å². The number of nitrogens with zero attached hydrogens (tertiary/aromatic N) is 5. The molecule has 8 heteroatoms. The van der Waals surface area contributed by atoms with Gasteiger partial charge in [0.1, 0.15) is 12.1 Å². The number of amides is 1. The van der Waals surface area contributed by atoms with Crippen LogP contribution in [-0.2, 0) is 6.54 Å². The number of hydrogen-bond donors (Lipinski definition) is 0. The zero-order chi connectivity index (χ0) is 20.5. The number of carbonyl (C=O) groups is 1. The molecule has 1 amide bonds. The number of carbonyl (C=O) groups excluding carboxylic acids is 1. The molecule has 30 heavy (non-hydrogen) atoms. The molecule has 2 aromatic carbocycles. The van der Waals surface area contributed by atoms with E-state index in [1.54, 1.807) is 40.3 Å². The number of aromatic nitrogens is 4. The lowest BCUT2D eigenvalue weighted by atomic mass is 10.1. The van der Waals surface area contributed by atoms with Gasteiger partial charge >= 0.3 is 0 Å². The van der Waals surface area contributed by atoms with Crippen molar-refractivity contribution in [3.8, 4) is 16.1 Å². The van der Waals surface area contributed by atoms with Gasteiger partial charge in [-0.15, -0.1) is 16.4 Å². The molecule has 0 unspecified atom stereocenters. The fourth-order valence-corrected chi connectivity index (χ4v) is 4.39. The van der Waals surface area contributed by atoms with E-state index in [1.165, 1.54) is 16.4 Å². The third kappa shape index (κ3) is 3.48. The van der Waals surface area contributed by atoms with Crippen LogP contribution in [0, 0.1) is 0 Å². The van der Waals surface area contributed by atoms with E-state index in [-0.39, 0.29) is 5.91 Å². The average Bonchev–Trinajstić information content (AvgIpc) is 3.54. The molecule has 0 N–H and O–H groups in total. The summed E-state index contributed by atoms with van der Waals surface area (Å²) in [6, 6.07) is 19.7. The first-order valence-corrected chi connectivity index (χ1v) is 10.1. The predicted molar refractivity (Wildman–Crippen MR) is 114 cm³/mol. The zero-order valence-electron chi connectivity index (χ0n) is 16.1. The first-order valence-electron chi connectivity index (χ1n) is 9.32. The van der Waals surface area contributed by atoms with Crippen LogP contribution < -0.4 is 0 Å². The largest absolute Gasteiger partial charge is 0.467 e. The Morgan fingerprint density at radius 1 is 1.13 bits per heavy atom. The van der Waals surface area contributed by atoms with Gasteiger partial charge in [0, 0.05) is 22.2 Å². The van der Waals surface area contributed by atoms with Crippen molar-refractivity contribution in [2.45, 2.75) is 6.54 Å². The van der Waals surface area contributed by atoms with E-state index in [1.807, 2.05) is 36.4 Å². The lowest BCUT2D eigenvalue weighted by Crippen LogP contribution is -2.26. The van der Waals surface area contributed by atoms with E-state index in [4.69, 9.17) is 4.42 Å². The minimum Gasteiger partial charge on any atom is -0.467 e. The number of hydrogen-bond acceptors (Lipinski definition) is 6. The van der Waals surface area contributed by atoms with Crippen molar-refractivity contribution in [3.05, 3.63) is 84.6 Å². The zero-order valence-corrected chi connectivity index (χ0v) is 16.9. The van der Waals surface area contributed by atoms with Crippen LogP contribution in [0.2, 0.25) is 0 Å². The Bertz CT molecular complexity index is 1280. The van der Waals surface area contributed by atoms with Crippen molar-refractivity contribution in [3.63, 3.8) is 0 Å². The van der Waals surface area contributed by atoms with Gasteiger partial charge in [-0.2, -0.15) is 0 Å². The fourth-order valence-electron chi connectivity index (χ4n) is 3.34. The summed E-state index contributed by atoms with van der Waals surface area (Å²) in [5.41, 5.74) is 2.23. The van der Waals surface area contributed by atoms with E-state index in [2.05, 4.69) is 33.7 Å². The van der Waals surface area contributed by atoms with Gasteiger partial charge in [-0.05, 0) is 63.8 Å². The summed E-state index contributed by atoms with van der Waals surface area (Å²) in [5.74, 6) is 0.621. The lowest BCUT2D eigenvalue weighted by Gasteiger charge is -2.17. The molecule has 148 valence electrons. The molecular weight excluding hydrogens is 398 g/mol. The lowest BCUT2D eigenvalue weighted by molar-refractivity contribution is 0.0775. The monoisotopic (exact) mass is 415 g/mol. The minimum atomic E-state index is -0.108. The summed E-state index contributed by atoms with van der Waals surface area (Å²) < 4.78 is 8.13. The van der Waals surface area contributed by atoms with E-state index in [0.717, 1.165) is 21.9 Å². The second kappa shape index (κ2) is 7.57. The summed E-state index contributed by atoms with van der Waals surface area (Å²) in [4.78, 5) is 15.9. The molecule has 0 saturated heterocycles. The van der Waals surface area contributed by atoms with E-state index in [0.29, 0.717) is 12.1 Å². The molecule has 0 spiro atoms. The fraction of sp³-hybridized carbons (Fsp3) is 0.0909. The molecule has 0 aliphatic carbocycles. The van der Waals surface area contributed by atoms with Gasteiger partial charge in [-0.1, -0.05) is 18.2 Å². The highest BCUT2D eigenvalue weighted by atomic mass is 32.1. The molecule has 5 aromatic rings. The SMILES string of the molecule is CN(Cc1ccco1)C(=O)c1cc(-c2cc3ccccc3s2)cc(-n2cnnn2)c1. The normalized spacial score (nSPS) is 11.1. The molecule has 7 nitrogen and oxygen atoms in total. The first kappa shape index (κ1) is 18.3. The van der Waals surface area contributed by atoms with Crippen molar-refractivity contribution >= 4 is 27.3 Å².